The third-order valence-corrected chi connectivity index (χ3v) is 8.12. The number of nitrogens with one attached hydrogen (secondary N) is 2. The smallest absolute Gasteiger partial charge is 0.269 e. The Labute approximate surface area is 196 Å². The van der Waals surface area contributed by atoms with Crippen LogP contribution in [-0.4, -0.2) is 33.7 Å². The molecule has 2 aromatic rings. The first-order valence-corrected chi connectivity index (χ1v) is 11.1. The highest BCUT2D eigenvalue weighted by molar-refractivity contribution is 5.96. The minimum absolute atomic E-state index is 0.0987. The van der Waals surface area contributed by atoms with Crippen LogP contribution in [0.25, 0.3) is 0 Å². The van der Waals surface area contributed by atoms with Gasteiger partial charge in [0.15, 0.2) is 0 Å². The predicted octanol–water partition coefficient (Wildman–Crippen LogP) is 3.86. The lowest BCUT2D eigenvalue weighted by atomic mass is 9.69. The molecule has 2 bridgehead atoms. The molecule has 0 radical (unpaired) electrons. The molecule has 178 valence electrons. The van der Waals surface area contributed by atoms with E-state index >= 15 is 0 Å². The Morgan fingerprint density at radius 2 is 1.26 bits per heavy atom. The largest absolute Gasteiger partial charge is 0.347 e. The summed E-state index contributed by atoms with van der Waals surface area (Å²) in [6, 6.07) is 10.1. The zero-order valence-electron chi connectivity index (χ0n) is 19.1. The molecule has 2 saturated carbocycles. The molecule has 2 aromatic carbocycles. The van der Waals surface area contributed by atoms with Crippen LogP contribution in [0.2, 0.25) is 0 Å². The second-order valence-electron chi connectivity index (χ2n) is 9.84. The molecule has 0 aromatic heterocycles. The molecule has 10 heteroatoms. The summed E-state index contributed by atoms with van der Waals surface area (Å²) in [7, 11) is 0. The molecule has 0 aliphatic heterocycles. The Morgan fingerprint density at radius 1 is 0.824 bits per heavy atom. The maximum Gasteiger partial charge on any atom is 0.269 e. The third-order valence-electron chi connectivity index (χ3n) is 8.12. The third kappa shape index (κ3) is 3.68. The summed E-state index contributed by atoms with van der Waals surface area (Å²) in [4.78, 5) is 46.8. The Balaban J connectivity index is 1.57. The zero-order valence-corrected chi connectivity index (χ0v) is 19.1. The number of fused-ring (bicyclic) bond motifs is 2. The standard InChI is InChI=1S/C24H26N4O6/c1-23(2)18-12-13-24(23,3)20(26-22(30)15-6-10-17(11-7-15)28(33)34)19(18)25-21(29)14-4-8-16(9-5-14)27(31)32/h4-11,18-20H,12-13H2,1-3H3,(H,25,29)(H,26,30)/t18-,19+,20-,24-/m0/s1. The molecule has 4 rings (SSSR count). The minimum Gasteiger partial charge on any atom is -0.347 e. The van der Waals surface area contributed by atoms with Crippen molar-refractivity contribution < 1.29 is 19.4 Å². The van der Waals surface area contributed by atoms with Crippen molar-refractivity contribution in [2.24, 2.45) is 16.7 Å². The summed E-state index contributed by atoms with van der Waals surface area (Å²) in [5.41, 5.74) is -0.0294. The van der Waals surface area contributed by atoms with E-state index in [1.807, 2.05) is 0 Å². The molecule has 2 aliphatic rings. The molecule has 4 atom stereocenters. The van der Waals surface area contributed by atoms with Crippen LogP contribution in [0.4, 0.5) is 11.4 Å². The van der Waals surface area contributed by atoms with Crippen molar-refractivity contribution >= 4 is 23.2 Å². The van der Waals surface area contributed by atoms with Crippen LogP contribution in [0.1, 0.15) is 54.3 Å². The number of hydrogen-bond acceptors (Lipinski definition) is 6. The van der Waals surface area contributed by atoms with Crippen molar-refractivity contribution in [3.05, 3.63) is 79.9 Å². The number of benzene rings is 2. The van der Waals surface area contributed by atoms with Gasteiger partial charge in [-0.15, -0.1) is 0 Å². The Kier molecular flexibility index (Phi) is 5.63. The van der Waals surface area contributed by atoms with Crippen LogP contribution >= 0.6 is 0 Å². The maximum absolute atomic E-state index is 13.1. The fraction of sp³-hybridized carbons (Fsp3) is 0.417. The van der Waals surface area contributed by atoms with Gasteiger partial charge in [-0.2, -0.15) is 0 Å². The van der Waals surface area contributed by atoms with E-state index in [1.165, 1.54) is 48.5 Å². The number of rotatable bonds is 6. The number of hydrogen-bond donors (Lipinski definition) is 2. The van der Waals surface area contributed by atoms with Gasteiger partial charge in [-0.3, -0.25) is 29.8 Å². The average molecular weight is 466 g/mol. The summed E-state index contributed by atoms with van der Waals surface area (Å²) in [5.74, 6) is -0.595. The van der Waals surface area contributed by atoms with E-state index in [0.717, 1.165) is 12.8 Å². The first-order valence-electron chi connectivity index (χ1n) is 11.1. The number of nitro groups is 2. The molecular weight excluding hydrogens is 440 g/mol. The fourth-order valence-electron chi connectivity index (χ4n) is 5.74. The van der Waals surface area contributed by atoms with E-state index in [2.05, 4.69) is 31.4 Å². The number of nitrogens with zero attached hydrogens (tertiary/aromatic N) is 2. The lowest BCUT2D eigenvalue weighted by molar-refractivity contribution is -0.385. The van der Waals surface area contributed by atoms with Crippen molar-refractivity contribution in [1.82, 2.24) is 10.6 Å². The van der Waals surface area contributed by atoms with Gasteiger partial charge >= 0.3 is 0 Å². The molecule has 0 heterocycles. The SMILES string of the molecule is CC1(C)[C@H]2CC[C@@]1(C)[C@@H](NC(=O)c1ccc([N+](=O)[O-])cc1)[C@@H]2NC(=O)c1ccc([N+](=O)[O-])cc1. The summed E-state index contributed by atoms with van der Waals surface area (Å²) < 4.78 is 0. The van der Waals surface area contributed by atoms with Gasteiger partial charge in [0.25, 0.3) is 23.2 Å². The molecule has 2 amide bonds. The van der Waals surface area contributed by atoms with Crippen molar-refractivity contribution in [3.63, 3.8) is 0 Å². The van der Waals surface area contributed by atoms with Crippen molar-refractivity contribution in [1.29, 1.82) is 0 Å². The predicted molar refractivity (Wildman–Crippen MR) is 123 cm³/mol. The molecule has 34 heavy (non-hydrogen) atoms. The second-order valence-corrected chi connectivity index (χ2v) is 9.84. The summed E-state index contributed by atoms with van der Waals surface area (Å²) in [6.07, 6.45) is 1.79. The summed E-state index contributed by atoms with van der Waals surface area (Å²) in [5, 5.41) is 28.0. The van der Waals surface area contributed by atoms with E-state index in [0.29, 0.717) is 11.1 Å². The van der Waals surface area contributed by atoms with Gasteiger partial charge in [0, 0.05) is 35.4 Å². The molecular formula is C24H26N4O6. The first-order chi connectivity index (χ1) is 16.0. The van der Waals surface area contributed by atoms with Gasteiger partial charge in [0.05, 0.1) is 21.9 Å². The van der Waals surface area contributed by atoms with Gasteiger partial charge in [0.1, 0.15) is 0 Å². The Morgan fingerprint density at radius 3 is 1.71 bits per heavy atom. The highest BCUT2D eigenvalue weighted by atomic mass is 16.6. The number of carbonyl (C=O) groups is 2. The van der Waals surface area contributed by atoms with Crippen LogP contribution in [-0.2, 0) is 0 Å². The number of non-ortho nitro benzene ring substituents is 2. The van der Waals surface area contributed by atoms with Crippen LogP contribution < -0.4 is 10.6 Å². The minimum atomic E-state index is -0.523. The summed E-state index contributed by atoms with van der Waals surface area (Å²) in [6.45, 7) is 6.41. The highest BCUT2D eigenvalue weighted by Crippen LogP contribution is 2.65. The zero-order chi connectivity index (χ0) is 24.8. The van der Waals surface area contributed by atoms with E-state index in [9.17, 15) is 29.8 Å². The number of carbonyl (C=O) groups excluding carboxylic acids is 2. The number of nitro benzene ring substituents is 2. The van der Waals surface area contributed by atoms with Gasteiger partial charge in [-0.05, 0) is 53.9 Å². The molecule has 2 N–H and O–H groups in total. The monoisotopic (exact) mass is 466 g/mol. The molecule has 0 unspecified atom stereocenters. The Bertz CT molecular complexity index is 1160. The van der Waals surface area contributed by atoms with Crippen molar-refractivity contribution in [2.75, 3.05) is 0 Å². The van der Waals surface area contributed by atoms with E-state index in [4.69, 9.17) is 0 Å². The van der Waals surface area contributed by atoms with Gasteiger partial charge in [0.2, 0.25) is 0 Å². The van der Waals surface area contributed by atoms with Gasteiger partial charge < -0.3 is 10.6 Å². The Hall–Kier alpha value is -3.82. The first kappa shape index (κ1) is 23.3. The molecule has 2 fully saturated rings. The molecule has 0 spiro atoms. The number of amides is 2. The van der Waals surface area contributed by atoms with E-state index in [1.54, 1.807) is 0 Å². The molecule has 2 aliphatic carbocycles. The lowest BCUT2D eigenvalue weighted by Crippen LogP contribution is -2.57. The molecule has 0 saturated heterocycles. The molecule has 10 nitrogen and oxygen atoms in total. The highest BCUT2D eigenvalue weighted by Gasteiger charge is 2.66. The quantitative estimate of drug-likeness (QED) is 0.489. The van der Waals surface area contributed by atoms with Crippen molar-refractivity contribution in [3.8, 4) is 0 Å². The van der Waals surface area contributed by atoms with E-state index < -0.39 is 9.85 Å². The topological polar surface area (TPSA) is 144 Å². The average Bonchev–Trinajstić information content (AvgIpc) is 3.12. The normalized spacial score (nSPS) is 26.6. The maximum atomic E-state index is 13.1. The van der Waals surface area contributed by atoms with Gasteiger partial charge in [-0.1, -0.05) is 20.8 Å². The summed E-state index contributed by atoms with van der Waals surface area (Å²) >= 11 is 0. The van der Waals surface area contributed by atoms with Crippen LogP contribution in [0, 0.1) is 37.0 Å². The van der Waals surface area contributed by atoms with Crippen LogP contribution in [0.3, 0.4) is 0 Å². The lowest BCUT2D eigenvalue weighted by Gasteiger charge is -2.40. The fourth-order valence-corrected chi connectivity index (χ4v) is 5.74. The van der Waals surface area contributed by atoms with Crippen molar-refractivity contribution in [2.45, 2.75) is 45.7 Å². The second kappa shape index (κ2) is 8.19. The van der Waals surface area contributed by atoms with Crippen LogP contribution in [0.5, 0.6) is 0 Å². The van der Waals surface area contributed by atoms with Gasteiger partial charge in [-0.25, -0.2) is 0 Å². The van der Waals surface area contributed by atoms with E-state index in [-0.39, 0.29) is 52.0 Å². The van der Waals surface area contributed by atoms with Crippen LogP contribution in [0.15, 0.2) is 48.5 Å².